The predicted molar refractivity (Wildman–Crippen MR) is 100 cm³/mol. The van der Waals surface area contributed by atoms with Crippen molar-refractivity contribution in [2.75, 3.05) is 6.61 Å². The van der Waals surface area contributed by atoms with Crippen molar-refractivity contribution in [3.05, 3.63) is 79.7 Å². The van der Waals surface area contributed by atoms with Gasteiger partial charge in [0.2, 0.25) is 0 Å². The third-order valence-corrected chi connectivity index (χ3v) is 4.31. The number of fused-ring (bicyclic) bond motifs is 1. The van der Waals surface area contributed by atoms with Crippen molar-refractivity contribution in [1.82, 2.24) is 0 Å². The molecule has 0 atom stereocenters. The zero-order valence-electron chi connectivity index (χ0n) is 15.3. The van der Waals surface area contributed by atoms with Crippen molar-refractivity contribution < 1.29 is 23.6 Å². The van der Waals surface area contributed by atoms with Crippen LogP contribution in [0.3, 0.4) is 0 Å². The molecule has 0 amide bonds. The van der Waals surface area contributed by atoms with E-state index in [1.165, 1.54) is 30.3 Å². The van der Waals surface area contributed by atoms with Gasteiger partial charge in [0.25, 0.3) is 5.69 Å². The lowest BCUT2D eigenvalue weighted by atomic mass is 10.0. The Morgan fingerprint density at radius 3 is 2.54 bits per heavy atom. The van der Waals surface area contributed by atoms with Crippen molar-refractivity contribution in [2.45, 2.75) is 20.5 Å². The lowest BCUT2D eigenvalue weighted by Crippen LogP contribution is -2.15. The molecule has 144 valence electrons. The summed E-state index contributed by atoms with van der Waals surface area (Å²) in [4.78, 5) is 33.9. The number of rotatable bonds is 6. The first-order valence-electron chi connectivity index (χ1n) is 8.41. The SMILES string of the molecule is Cc1ccc2c(COC(=O)COc3ccc([N+](=O)[O-])cc3)cc(=O)oc2c1C. The third-order valence-electron chi connectivity index (χ3n) is 4.31. The highest BCUT2D eigenvalue weighted by atomic mass is 16.6. The number of nitrogens with zero attached hydrogens (tertiary/aromatic N) is 1. The molecule has 28 heavy (non-hydrogen) atoms. The smallest absolute Gasteiger partial charge is 0.344 e. The number of hydrogen-bond acceptors (Lipinski definition) is 7. The van der Waals surface area contributed by atoms with Gasteiger partial charge in [-0.05, 0) is 37.1 Å². The number of ether oxygens (including phenoxy) is 2. The molecule has 0 aliphatic rings. The number of hydrogen-bond donors (Lipinski definition) is 0. The van der Waals surface area contributed by atoms with Crippen LogP contribution < -0.4 is 10.4 Å². The minimum Gasteiger partial charge on any atom is -0.482 e. The van der Waals surface area contributed by atoms with Gasteiger partial charge in [-0.1, -0.05) is 12.1 Å². The summed E-state index contributed by atoms with van der Waals surface area (Å²) < 4.78 is 15.7. The van der Waals surface area contributed by atoms with Crippen molar-refractivity contribution in [3.63, 3.8) is 0 Å². The van der Waals surface area contributed by atoms with Crippen molar-refractivity contribution in [1.29, 1.82) is 0 Å². The number of non-ortho nitro benzene ring substituents is 1. The van der Waals surface area contributed by atoms with Crippen molar-refractivity contribution in [2.24, 2.45) is 0 Å². The van der Waals surface area contributed by atoms with Crippen LogP contribution in [-0.2, 0) is 16.1 Å². The summed E-state index contributed by atoms with van der Waals surface area (Å²) in [5.74, 6) is -0.331. The van der Waals surface area contributed by atoms with E-state index in [1.54, 1.807) is 0 Å². The molecule has 0 aliphatic carbocycles. The molecule has 0 fully saturated rings. The maximum Gasteiger partial charge on any atom is 0.344 e. The lowest BCUT2D eigenvalue weighted by molar-refractivity contribution is -0.384. The van der Waals surface area contributed by atoms with Crippen LogP contribution in [0.2, 0.25) is 0 Å². The highest BCUT2D eigenvalue weighted by molar-refractivity contribution is 5.84. The minimum absolute atomic E-state index is 0.0738. The molecule has 0 spiro atoms. The van der Waals surface area contributed by atoms with Crippen LogP contribution in [0.4, 0.5) is 5.69 Å². The van der Waals surface area contributed by atoms with Gasteiger partial charge in [-0.3, -0.25) is 10.1 Å². The van der Waals surface area contributed by atoms with Crippen LogP contribution in [0, 0.1) is 24.0 Å². The molecule has 0 unspecified atom stereocenters. The van der Waals surface area contributed by atoms with E-state index in [0.29, 0.717) is 22.3 Å². The fraction of sp³-hybridized carbons (Fsp3) is 0.200. The van der Waals surface area contributed by atoms with E-state index < -0.39 is 16.5 Å². The number of nitro groups is 1. The van der Waals surface area contributed by atoms with Crippen LogP contribution in [-0.4, -0.2) is 17.5 Å². The molecule has 2 aromatic carbocycles. The fourth-order valence-electron chi connectivity index (χ4n) is 2.65. The Hall–Kier alpha value is -3.68. The number of esters is 1. The zero-order chi connectivity index (χ0) is 20.3. The van der Waals surface area contributed by atoms with Gasteiger partial charge in [0, 0.05) is 29.1 Å². The van der Waals surface area contributed by atoms with E-state index >= 15 is 0 Å². The summed E-state index contributed by atoms with van der Waals surface area (Å²) in [5, 5.41) is 11.3. The quantitative estimate of drug-likeness (QED) is 0.278. The third kappa shape index (κ3) is 4.17. The standard InChI is InChI=1S/C20H17NO7/c1-12-3-8-17-14(9-18(22)28-20(17)13(12)2)10-27-19(23)11-26-16-6-4-15(5-7-16)21(24)25/h3-9H,10-11H2,1-2H3. The zero-order valence-corrected chi connectivity index (χ0v) is 15.3. The second-order valence-electron chi connectivity index (χ2n) is 6.18. The van der Waals surface area contributed by atoms with Crippen molar-refractivity contribution >= 4 is 22.6 Å². The molecule has 0 aliphatic heterocycles. The first-order chi connectivity index (χ1) is 13.3. The molecule has 1 heterocycles. The van der Waals surface area contributed by atoms with Gasteiger partial charge in [0.1, 0.15) is 17.9 Å². The maximum atomic E-state index is 11.9. The molecule has 0 saturated heterocycles. The van der Waals surface area contributed by atoms with Gasteiger partial charge in [0.05, 0.1) is 4.92 Å². The molecule has 8 heteroatoms. The maximum absolute atomic E-state index is 11.9. The second-order valence-corrected chi connectivity index (χ2v) is 6.18. The number of nitro benzene ring substituents is 1. The van der Waals surface area contributed by atoms with Gasteiger partial charge >= 0.3 is 11.6 Å². The van der Waals surface area contributed by atoms with Gasteiger partial charge in [0.15, 0.2) is 6.61 Å². The summed E-state index contributed by atoms with van der Waals surface area (Å²) >= 11 is 0. The fourth-order valence-corrected chi connectivity index (χ4v) is 2.65. The molecule has 3 aromatic rings. The predicted octanol–water partition coefficient (Wildman–Crippen LogP) is 3.44. The lowest BCUT2D eigenvalue weighted by Gasteiger charge is -2.10. The molecule has 0 bridgehead atoms. The van der Waals surface area contributed by atoms with Gasteiger partial charge in [-0.15, -0.1) is 0 Å². The Morgan fingerprint density at radius 2 is 1.86 bits per heavy atom. The van der Waals surface area contributed by atoms with Crippen LogP contribution >= 0.6 is 0 Å². The average Bonchev–Trinajstić information content (AvgIpc) is 2.68. The summed E-state index contributed by atoms with van der Waals surface area (Å²) in [6.07, 6.45) is 0. The van der Waals surface area contributed by atoms with E-state index in [0.717, 1.165) is 11.1 Å². The Labute approximate surface area is 159 Å². The molecule has 8 nitrogen and oxygen atoms in total. The van der Waals surface area contributed by atoms with Crippen LogP contribution in [0.1, 0.15) is 16.7 Å². The topological polar surface area (TPSA) is 109 Å². The Kier molecular flexibility index (Phi) is 5.39. The summed E-state index contributed by atoms with van der Waals surface area (Å²) in [5.41, 5.74) is 2.26. The molecular weight excluding hydrogens is 366 g/mol. The first-order valence-corrected chi connectivity index (χ1v) is 8.41. The monoisotopic (exact) mass is 383 g/mol. The highest BCUT2D eigenvalue weighted by Gasteiger charge is 2.12. The summed E-state index contributed by atoms with van der Waals surface area (Å²) in [7, 11) is 0. The van der Waals surface area contributed by atoms with E-state index in [4.69, 9.17) is 13.9 Å². The van der Waals surface area contributed by atoms with Crippen LogP contribution in [0.15, 0.2) is 51.7 Å². The molecule has 3 rings (SSSR count). The highest BCUT2D eigenvalue weighted by Crippen LogP contribution is 2.23. The normalized spacial score (nSPS) is 10.6. The van der Waals surface area contributed by atoms with Crippen molar-refractivity contribution in [3.8, 4) is 5.75 Å². The van der Waals surface area contributed by atoms with Gasteiger partial charge in [-0.25, -0.2) is 9.59 Å². The number of aryl methyl sites for hydroxylation is 2. The largest absolute Gasteiger partial charge is 0.482 e. The molecule has 1 aromatic heterocycles. The summed E-state index contributed by atoms with van der Waals surface area (Å²) in [6.45, 7) is 3.30. The number of benzene rings is 2. The van der Waals surface area contributed by atoms with E-state index in [2.05, 4.69) is 0 Å². The average molecular weight is 383 g/mol. The molecule has 0 N–H and O–H groups in total. The Bertz CT molecular complexity index is 1100. The van der Waals surface area contributed by atoms with Gasteiger partial charge < -0.3 is 13.9 Å². The molecular formula is C20H17NO7. The van der Waals surface area contributed by atoms with Crippen LogP contribution in [0.25, 0.3) is 11.0 Å². The van der Waals surface area contributed by atoms with Gasteiger partial charge in [-0.2, -0.15) is 0 Å². The minimum atomic E-state index is -0.636. The summed E-state index contributed by atoms with van der Waals surface area (Å²) in [6, 6.07) is 10.4. The Balaban J connectivity index is 1.65. The molecule has 0 saturated carbocycles. The number of carbonyl (C=O) groups excluding carboxylic acids is 1. The van der Waals surface area contributed by atoms with E-state index in [-0.39, 0.29) is 18.9 Å². The second kappa shape index (κ2) is 7.91. The van der Waals surface area contributed by atoms with E-state index in [9.17, 15) is 19.7 Å². The van der Waals surface area contributed by atoms with E-state index in [1.807, 2.05) is 26.0 Å². The first kappa shape index (κ1) is 19.1. The van der Waals surface area contributed by atoms with Crippen LogP contribution in [0.5, 0.6) is 5.75 Å². The molecule has 0 radical (unpaired) electrons. The number of carbonyl (C=O) groups is 1. The Morgan fingerprint density at radius 1 is 1.14 bits per heavy atom.